The maximum atomic E-state index is 12.7. The van der Waals surface area contributed by atoms with E-state index in [1.807, 2.05) is 6.07 Å². The van der Waals surface area contributed by atoms with Crippen molar-refractivity contribution in [3.63, 3.8) is 0 Å². The van der Waals surface area contributed by atoms with Gasteiger partial charge >= 0.3 is 6.03 Å². The predicted molar refractivity (Wildman–Crippen MR) is 93.5 cm³/mol. The van der Waals surface area contributed by atoms with E-state index in [2.05, 4.69) is 37.4 Å². The van der Waals surface area contributed by atoms with Gasteiger partial charge in [-0.2, -0.15) is 0 Å². The molecule has 1 fully saturated rings. The molecule has 2 atom stereocenters. The first-order chi connectivity index (χ1) is 11.4. The predicted octanol–water partition coefficient (Wildman–Crippen LogP) is 2.71. The highest BCUT2D eigenvalue weighted by molar-refractivity contribution is 5.81. The van der Waals surface area contributed by atoms with Crippen molar-refractivity contribution in [2.75, 3.05) is 13.1 Å². The van der Waals surface area contributed by atoms with Crippen LogP contribution in [0.3, 0.4) is 0 Å². The van der Waals surface area contributed by atoms with E-state index in [0.29, 0.717) is 13.1 Å². The number of nitrogens with one attached hydrogen (secondary N) is 1. The molecule has 1 aliphatic carbocycles. The Morgan fingerprint density at radius 2 is 2.00 bits per heavy atom. The first kappa shape index (κ1) is 16.8. The molecule has 24 heavy (non-hydrogen) atoms. The number of benzene rings is 1. The number of carbonyl (C=O) groups excluding carboxylic acids is 2. The Morgan fingerprint density at radius 3 is 2.75 bits per heavy atom. The van der Waals surface area contributed by atoms with E-state index in [1.165, 1.54) is 11.1 Å². The number of nitrogens with two attached hydrogens (primary N) is 1. The van der Waals surface area contributed by atoms with Gasteiger partial charge in [0.05, 0.1) is 12.0 Å². The lowest BCUT2D eigenvalue weighted by Crippen LogP contribution is -2.48. The van der Waals surface area contributed by atoms with Crippen LogP contribution in [0.25, 0.3) is 0 Å². The normalized spacial score (nSPS) is 25.7. The van der Waals surface area contributed by atoms with Crippen molar-refractivity contribution >= 4 is 11.9 Å². The standard InChI is InChI=1S/C19H27N3O2/c1-19(2)10-9-16(14-7-3-4-8-15(14)19)21-17(23)13-6-5-11-22(12-13)18(20)24/h3-4,7-8,13,16H,5-6,9-12H2,1-2H3,(H2,20,24)(H,21,23)/t13-,16+/m1/s1. The molecule has 0 spiro atoms. The highest BCUT2D eigenvalue weighted by Crippen LogP contribution is 2.41. The number of likely N-dealkylation sites (tertiary alicyclic amines) is 1. The summed E-state index contributed by atoms with van der Waals surface area (Å²) in [6.45, 7) is 5.60. The molecular formula is C19H27N3O2. The number of rotatable bonds is 2. The minimum Gasteiger partial charge on any atom is -0.351 e. The molecule has 0 saturated carbocycles. The summed E-state index contributed by atoms with van der Waals surface area (Å²) in [6, 6.07) is 8.02. The van der Waals surface area contributed by atoms with E-state index in [9.17, 15) is 9.59 Å². The van der Waals surface area contributed by atoms with Crippen molar-refractivity contribution in [1.29, 1.82) is 0 Å². The highest BCUT2D eigenvalue weighted by Gasteiger charge is 2.35. The lowest BCUT2D eigenvalue weighted by atomic mass is 9.71. The Kier molecular flexibility index (Phi) is 4.52. The number of urea groups is 1. The van der Waals surface area contributed by atoms with E-state index < -0.39 is 6.03 Å². The molecular weight excluding hydrogens is 302 g/mol. The first-order valence-electron chi connectivity index (χ1n) is 8.82. The summed E-state index contributed by atoms with van der Waals surface area (Å²) in [5, 5.41) is 3.22. The summed E-state index contributed by atoms with van der Waals surface area (Å²) in [5.74, 6) is -0.117. The lowest BCUT2D eigenvalue weighted by molar-refractivity contribution is -0.127. The molecule has 2 aliphatic rings. The van der Waals surface area contributed by atoms with Gasteiger partial charge in [-0.1, -0.05) is 38.1 Å². The van der Waals surface area contributed by atoms with E-state index in [0.717, 1.165) is 25.7 Å². The molecule has 0 bridgehead atoms. The Balaban J connectivity index is 1.72. The minimum atomic E-state index is -0.433. The summed E-state index contributed by atoms with van der Waals surface area (Å²) >= 11 is 0. The number of nitrogens with zero attached hydrogens (tertiary/aromatic N) is 1. The number of carbonyl (C=O) groups is 2. The Morgan fingerprint density at radius 1 is 1.25 bits per heavy atom. The molecule has 1 aliphatic heterocycles. The maximum Gasteiger partial charge on any atom is 0.314 e. The van der Waals surface area contributed by atoms with E-state index in [4.69, 9.17) is 5.73 Å². The topological polar surface area (TPSA) is 75.4 Å². The van der Waals surface area contributed by atoms with Crippen molar-refractivity contribution < 1.29 is 9.59 Å². The molecule has 5 heteroatoms. The van der Waals surface area contributed by atoms with Gasteiger partial charge in [0, 0.05) is 13.1 Å². The largest absolute Gasteiger partial charge is 0.351 e. The van der Waals surface area contributed by atoms with Crippen molar-refractivity contribution in [3.05, 3.63) is 35.4 Å². The summed E-state index contributed by atoms with van der Waals surface area (Å²) in [4.78, 5) is 25.7. The molecule has 0 aromatic heterocycles. The number of fused-ring (bicyclic) bond motifs is 1. The summed E-state index contributed by atoms with van der Waals surface area (Å²) in [6.07, 6.45) is 3.64. The molecule has 1 saturated heterocycles. The van der Waals surface area contributed by atoms with Crippen molar-refractivity contribution in [2.45, 2.75) is 51.0 Å². The second-order valence-corrected chi connectivity index (χ2v) is 7.69. The van der Waals surface area contributed by atoms with Gasteiger partial charge in [0.25, 0.3) is 0 Å². The van der Waals surface area contributed by atoms with Gasteiger partial charge in [-0.05, 0) is 42.2 Å². The highest BCUT2D eigenvalue weighted by atomic mass is 16.2. The van der Waals surface area contributed by atoms with Crippen molar-refractivity contribution in [1.82, 2.24) is 10.2 Å². The number of amides is 3. The molecule has 0 radical (unpaired) electrons. The molecule has 3 N–H and O–H groups in total. The Bertz CT molecular complexity index is 641. The maximum absolute atomic E-state index is 12.7. The SMILES string of the molecule is CC1(C)CC[C@H](NC(=O)[C@@H]2CCCN(C(N)=O)C2)c2ccccc21. The smallest absolute Gasteiger partial charge is 0.314 e. The second-order valence-electron chi connectivity index (χ2n) is 7.69. The monoisotopic (exact) mass is 329 g/mol. The molecule has 3 rings (SSSR count). The first-order valence-corrected chi connectivity index (χ1v) is 8.82. The van der Waals surface area contributed by atoms with Crippen LogP contribution in [0.1, 0.15) is 56.7 Å². The zero-order valence-corrected chi connectivity index (χ0v) is 14.5. The number of hydrogen-bond donors (Lipinski definition) is 2. The van der Waals surface area contributed by atoms with Gasteiger partial charge < -0.3 is 16.0 Å². The molecule has 1 aromatic rings. The van der Waals surface area contributed by atoms with Crippen LogP contribution in [-0.2, 0) is 10.2 Å². The fraction of sp³-hybridized carbons (Fsp3) is 0.579. The Labute approximate surface area is 143 Å². The second kappa shape index (κ2) is 6.46. The zero-order chi connectivity index (χ0) is 17.3. The quantitative estimate of drug-likeness (QED) is 0.875. The number of piperidine rings is 1. The number of hydrogen-bond acceptors (Lipinski definition) is 2. The van der Waals surface area contributed by atoms with Crippen LogP contribution >= 0.6 is 0 Å². The summed E-state index contributed by atoms with van der Waals surface area (Å²) < 4.78 is 0. The third-order valence-electron chi connectivity index (χ3n) is 5.54. The van der Waals surface area contributed by atoms with Gasteiger partial charge in [0.1, 0.15) is 0 Å². The van der Waals surface area contributed by atoms with Crippen molar-refractivity contribution in [3.8, 4) is 0 Å². The van der Waals surface area contributed by atoms with E-state index in [-0.39, 0.29) is 23.3 Å². The van der Waals surface area contributed by atoms with E-state index in [1.54, 1.807) is 4.90 Å². The molecule has 1 heterocycles. The van der Waals surface area contributed by atoms with Crippen LogP contribution < -0.4 is 11.1 Å². The van der Waals surface area contributed by atoms with E-state index >= 15 is 0 Å². The number of primary amides is 1. The molecule has 3 amide bonds. The van der Waals surface area contributed by atoms with Gasteiger partial charge in [0.2, 0.25) is 5.91 Å². The van der Waals surface area contributed by atoms with Crippen LogP contribution in [0.2, 0.25) is 0 Å². The molecule has 0 unspecified atom stereocenters. The van der Waals surface area contributed by atoms with Gasteiger partial charge in [0.15, 0.2) is 0 Å². The van der Waals surface area contributed by atoms with Crippen LogP contribution in [-0.4, -0.2) is 29.9 Å². The minimum absolute atomic E-state index is 0.0421. The fourth-order valence-electron chi connectivity index (χ4n) is 4.04. The van der Waals surface area contributed by atoms with Gasteiger partial charge in [-0.25, -0.2) is 4.79 Å². The fourth-order valence-corrected chi connectivity index (χ4v) is 4.04. The average molecular weight is 329 g/mol. The Hall–Kier alpha value is -2.04. The average Bonchev–Trinajstić information content (AvgIpc) is 2.58. The van der Waals surface area contributed by atoms with Crippen LogP contribution in [0.4, 0.5) is 4.79 Å². The lowest BCUT2D eigenvalue weighted by Gasteiger charge is -2.38. The van der Waals surface area contributed by atoms with Crippen molar-refractivity contribution in [2.24, 2.45) is 11.7 Å². The van der Waals surface area contributed by atoms with Crippen LogP contribution in [0, 0.1) is 5.92 Å². The van der Waals surface area contributed by atoms with Gasteiger partial charge in [-0.15, -0.1) is 0 Å². The third-order valence-corrected chi connectivity index (χ3v) is 5.54. The molecule has 5 nitrogen and oxygen atoms in total. The third kappa shape index (κ3) is 3.25. The summed E-state index contributed by atoms with van der Waals surface area (Å²) in [5.41, 5.74) is 8.06. The van der Waals surface area contributed by atoms with Crippen LogP contribution in [0.15, 0.2) is 24.3 Å². The molecule has 1 aromatic carbocycles. The summed E-state index contributed by atoms with van der Waals surface area (Å²) in [7, 11) is 0. The van der Waals surface area contributed by atoms with Gasteiger partial charge in [-0.3, -0.25) is 4.79 Å². The zero-order valence-electron chi connectivity index (χ0n) is 14.5. The van der Waals surface area contributed by atoms with Crippen LogP contribution in [0.5, 0.6) is 0 Å². The molecule has 130 valence electrons.